The third-order valence-corrected chi connectivity index (χ3v) is 4.46. The summed E-state index contributed by atoms with van der Waals surface area (Å²) in [5.74, 6) is -0.266. The summed E-state index contributed by atoms with van der Waals surface area (Å²) >= 11 is 5.99. The molecular formula is C12H15ClN2O4S. The summed E-state index contributed by atoms with van der Waals surface area (Å²) < 4.78 is 28.0. The topological polar surface area (TPSA) is 89.7 Å². The fourth-order valence-corrected chi connectivity index (χ4v) is 2.83. The van der Waals surface area contributed by atoms with Crippen molar-refractivity contribution in [2.45, 2.75) is 11.8 Å². The summed E-state index contributed by atoms with van der Waals surface area (Å²) in [7, 11) is -3.91. The third kappa shape index (κ3) is 3.12. The van der Waals surface area contributed by atoms with Gasteiger partial charge in [0.05, 0.1) is 18.1 Å². The molecule has 0 atom stereocenters. The van der Waals surface area contributed by atoms with Crippen LogP contribution in [0.4, 0.5) is 0 Å². The smallest absolute Gasteiger partial charge is 0.254 e. The molecule has 110 valence electrons. The van der Waals surface area contributed by atoms with Gasteiger partial charge in [-0.15, -0.1) is 0 Å². The lowest BCUT2D eigenvalue weighted by Crippen LogP contribution is -2.41. The van der Waals surface area contributed by atoms with Crippen LogP contribution in [0.2, 0.25) is 5.02 Å². The van der Waals surface area contributed by atoms with Crippen molar-refractivity contribution < 1.29 is 17.9 Å². The van der Waals surface area contributed by atoms with Gasteiger partial charge in [0.2, 0.25) is 10.0 Å². The Labute approximate surface area is 122 Å². The number of morpholine rings is 1. The summed E-state index contributed by atoms with van der Waals surface area (Å²) in [6.45, 7) is 3.54. The minimum atomic E-state index is -3.91. The number of nitrogens with two attached hydrogens (primary N) is 1. The summed E-state index contributed by atoms with van der Waals surface area (Å²) in [4.78, 5) is 13.9. The maximum atomic E-state index is 12.4. The highest BCUT2D eigenvalue weighted by Gasteiger charge is 2.23. The number of primary sulfonamides is 1. The van der Waals surface area contributed by atoms with Gasteiger partial charge < -0.3 is 9.64 Å². The number of hydrogen-bond acceptors (Lipinski definition) is 4. The van der Waals surface area contributed by atoms with Crippen molar-refractivity contribution in [2.24, 2.45) is 5.14 Å². The largest absolute Gasteiger partial charge is 0.378 e. The molecule has 20 heavy (non-hydrogen) atoms. The highest BCUT2D eigenvalue weighted by atomic mass is 35.5. The second-order valence-corrected chi connectivity index (χ2v) is 6.50. The lowest BCUT2D eigenvalue weighted by atomic mass is 10.1. The highest BCUT2D eigenvalue weighted by Crippen LogP contribution is 2.25. The molecule has 0 radical (unpaired) electrons. The van der Waals surface area contributed by atoms with Crippen LogP contribution in [0.15, 0.2) is 17.0 Å². The van der Waals surface area contributed by atoms with Crippen molar-refractivity contribution in [3.05, 3.63) is 28.3 Å². The van der Waals surface area contributed by atoms with Crippen LogP contribution < -0.4 is 5.14 Å². The molecule has 0 saturated carbocycles. The second-order valence-electron chi connectivity index (χ2n) is 4.53. The first-order valence-electron chi connectivity index (χ1n) is 6.00. The minimum Gasteiger partial charge on any atom is -0.378 e. The quantitative estimate of drug-likeness (QED) is 0.872. The summed E-state index contributed by atoms with van der Waals surface area (Å²) in [5, 5.41) is 5.29. The second kappa shape index (κ2) is 5.69. The number of nitrogens with zero attached hydrogens (tertiary/aromatic N) is 1. The Morgan fingerprint density at radius 2 is 1.95 bits per heavy atom. The predicted molar refractivity (Wildman–Crippen MR) is 74.3 cm³/mol. The molecule has 0 spiro atoms. The van der Waals surface area contributed by atoms with Gasteiger partial charge in [-0.05, 0) is 24.6 Å². The Kier molecular flexibility index (Phi) is 4.33. The molecular weight excluding hydrogens is 304 g/mol. The maximum Gasteiger partial charge on any atom is 0.254 e. The zero-order valence-electron chi connectivity index (χ0n) is 10.9. The number of hydrogen-bond donors (Lipinski definition) is 1. The summed E-state index contributed by atoms with van der Waals surface area (Å²) in [5.41, 5.74) is 0.791. The molecule has 2 rings (SSSR count). The molecule has 1 amide bonds. The number of benzene rings is 1. The van der Waals surface area contributed by atoms with E-state index in [9.17, 15) is 13.2 Å². The molecule has 1 saturated heterocycles. The van der Waals surface area contributed by atoms with Gasteiger partial charge in [-0.3, -0.25) is 4.79 Å². The number of carbonyl (C=O) groups is 1. The van der Waals surface area contributed by atoms with Crippen LogP contribution in [0.25, 0.3) is 0 Å². The summed E-state index contributed by atoms with van der Waals surface area (Å²) in [6, 6.07) is 2.52. The average molecular weight is 319 g/mol. The Hall–Kier alpha value is -1.15. The normalized spacial score (nSPS) is 16.2. The predicted octanol–water partition coefficient (Wildman–Crippen LogP) is 0.768. The van der Waals surface area contributed by atoms with E-state index >= 15 is 0 Å². The highest BCUT2D eigenvalue weighted by molar-refractivity contribution is 7.89. The van der Waals surface area contributed by atoms with Gasteiger partial charge in [-0.1, -0.05) is 11.6 Å². The van der Waals surface area contributed by atoms with E-state index in [2.05, 4.69) is 0 Å². The number of ether oxygens (including phenoxy) is 1. The van der Waals surface area contributed by atoms with Crippen molar-refractivity contribution in [1.29, 1.82) is 0 Å². The zero-order valence-corrected chi connectivity index (χ0v) is 12.5. The Balaban J connectivity index is 2.44. The van der Waals surface area contributed by atoms with Gasteiger partial charge >= 0.3 is 0 Å². The number of rotatable bonds is 2. The first kappa shape index (κ1) is 15.2. The molecule has 1 heterocycles. The lowest BCUT2D eigenvalue weighted by molar-refractivity contribution is 0.0302. The van der Waals surface area contributed by atoms with Crippen molar-refractivity contribution in [3.63, 3.8) is 0 Å². The Morgan fingerprint density at radius 3 is 2.50 bits per heavy atom. The zero-order chi connectivity index (χ0) is 14.9. The van der Waals surface area contributed by atoms with Crippen LogP contribution in [0.1, 0.15) is 15.9 Å². The van der Waals surface area contributed by atoms with E-state index in [0.717, 1.165) is 0 Å². The molecule has 0 aromatic heterocycles. The SMILES string of the molecule is Cc1c(Cl)cc(S(N)(=O)=O)cc1C(=O)N1CCOCC1. The van der Waals surface area contributed by atoms with E-state index in [0.29, 0.717) is 31.9 Å². The van der Waals surface area contributed by atoms with E-state index in [1.165, 1.54) is 12.1 Å². The van der Waals surface area contributed by atoms with Crippen LogP contribution in [0.5, 0.6) is 0 Å². The van der Waals surface area contributed by atoms with Crippen molar-refractivity contribution in [2.75, 3.05) is 26.3 Å². The molecule has 6 nitrogen and oxygen atoms in total. The van der Waals surface area contributed by atoms with Gasteiger partial charge in [0.1, 0.15) is 0 Å². The van der Waals surface area contributed by atoms with Gasteiger partial charge in [-0.2, -0.15) is 0 Å². The molecule has 1 aliphatic rings. The van der Waals surface area contributed by atoms with Gasteiger partial charge in [0.15, 0.2) is 0 Å². The number of sulfonamides is 1. The number of amides is 1. The first-order chi connectivity index (χ1) is 9.30. The molecule has 1 fully saturated rings. The maximum absolute atomic E-state index is 12.4. The monoisotopic (exact) mass is 318 g/mol. The van der Waals surface area contributed by atoms with Gasteiger partial charge in [0.25, 0.3) is 5.91 Å². The Bertz CT molecular complexity index is 639. The molecule has 0 unspecified atom stereocenters. The van der Waals surface area contributed by atoms with E-state index in [4.69, 9.17) is 21.5 Å². The fraction of sp³-hybridized carbons (Fsp3) is 0.417. The molecule has 0 aliphatic carbocycles. The van der Waals surface area contributed by atoms with E-state index < -0.39 is 10.0 Å². The van der Waals surface area contributed by atoms with Crippen molar-refractivity contribution >= 4 is 27.5 Å². The van der Waals surface area contributed by atoms with Crippen LogP contribution in [-0.4, -0.2) is 45.5 Å². The minimum absolute atomic E-state index is 0.162. The van der Waals surface area contributed by atoms with Crippen molar-refractivity contribution in [1.82, 2.24) is 4.90 Å². The first-order valence-corrected chi connectivity index (χ1v) is 7.93. The number of halogens is 1. The third-order valence-electron chi connectivity index (χ3n) is 3.18. The van der Waals surface area contributed by atoms with Crippen LogP contribution in [-0.2, 0) is 14.8 Å². The fourth-order valence-electron chi connectivity index (χ4n) is 1.98. The molecule has 1 aromatic carbocycles. The van der Waals surface area contributed by atoms with Gasteiger partial charge in [-0.25, -0.2) is 13.6 Å². The Morgan fingerprint density at radius 1 is 1.35 bits per heavy atom. The molecule has 8 heteroatoms. The molecule has 0 bridgehead atoms. The van der Waals surface area contributed by atoms with E-state index in [1.807, 2.05) is 0 Å². The lowest BCUT2D eigenvalue weighted by Gasteiger charge is -2.27. The molecule has 2 N–H and O–H groups in total. The van der Waals surface area contributed by atoms with Crippen LogP contribution >= 0.6 is 11.6 Å². The van der Waals surface area contributed by atoms with Crippen molar-refractivity contribution in [3.8, 4) is 0 Å². The number of carbonyl (C=O) groups excluding carboxylic acids is 1. The van der Waals surface area contributed by atoms with Crippen LogP contribution in [0, 0.1) is 6.92 Å². The van der Waals surface area contributed by atoms with E-state index in [-0.39, 0.29) is 21.4 Å². The molecule has 1 aliphatic heterocycles. The van der Waals surface area contributed by atoms with E-state index in [1.54, 1.807) is 11.8 Å². The van der Waals surface area contributed by atoms with Gasteiger partial charge in [0, 0.05) is 23.7 Å². The van der Waals surface area contributed by atoms with Crippen LogP contribution in [0.3, 0.4) is 0 Å². The molecule has 1 aromatic rings. The average Bonchev–Trinajstić information content (AvgIpc) is 2.40. The summed E-state index contributed by atoms with van der Waals surface area (Å²) in [6.07, 6.45) is 0. The standard InChI is InChI=1S/C12H15ClN2O4S/c1-8-10(12(16)15-2-4-19-5-3-15)6-9(7-11(8)13)20(14,17)18/h6-7H,2-5H2,1H3,(H2,14,17,18).